The standard InChI is InChI=1S/C26H24N4O3/c27-25-28-15-12-22-23(18-10-13-26(14-11-18)31-16-17-32-26)29-24(30(22)25)19-6-8-21(9-7-19)33-20-4-2-1-3-5-20/h1-10,12,15H,11,13-14,16-17H2,(H2,27,28). The lowest BCUT2D eigenvalue weighted by Gasteiger charge is -2.30. The molecule has 2 aromatic carbocycles. The van der Waals surface area contributed by atoms with E-state index in [1.807, 2.05) is 65.1 Å². The summed E-state index contributed by atoms with van der Waals surface area (Å²) < 4.78 is 19.6. The number of rotatable bonds is 4. The molecule has 0 radical (unpaired) electrons. The number of allylic oxidation sites excluding steroid dienone is 1. The Balaban J connectivity index is 1.36. The van der Waals surface area contributed by atoms with Gasteiger partial charge in [0.15, 0.2) is 5.79 Å². The van der Waals surface area contributed by atoms with E-state index in [0.717, 1.165) is 53.4 Å². The molecule has 6 rings (SSSR count). The lowest BCUT2D eigenvalue weighted by Crippen LogP contribution is -2.31. The first-order chi connectivity index (χ1) is 16.2. The number of nitrogens with zero attached hydrogens (tertiary/aromatic N) is 3. The van der Waals surface area contributed by atoms with E-state index in [0.29, 0.717) is 19.2 Å². The van der Waals surface area contributed by atoms with E-state index >= 15 is 0 Å². The van der Waals surface area contributed by atoms with Crippen LogP contribution in [0.3, 0.4) is 0 Å². The van der Waals surface area contributed by atoms with Gasteiger partial charge < -0.3 is 19.9 Å². The first-order valence-corrected chi connectivity index (χ1v) is 11.1. The van der Waals surface area contributed by atoms with Crippen molar-refractivity contribution < 1.29 is 14.2 Å². The molecule has 7 nitrogen and oxygen atoms in total. The first kappa shape index (κ1) is 20.0. The molecule has 1 fully saturated rings. The Morgan fingerprint density at radius 3 is 2.42 bits per heavy atom. The second-order valence-corrected chi connectivity index (χ2v) is 8.29. The molecule has 0 bridgehead atoms. The van der Waals surface area contributed by atoms with Gasteiger partial charge in [-0.05, 0) is 54.5 Å². The van der Waals surface area contributed by atoms with Crippen molar-refractivity contribution in [1.82, 2.24) is 14.4 Å². The number of benzene rings is 2. The quantitative estimate of drug-likeness (QED) is 0.476. The molecule has 166 valence electrons. The van der Waals surface area contributed by atoms with E-state index in [1.165, 1.54) is 5.57 Å². The summed E-state index contributed by atoms with van der Waals surface area (Å²) in [7, 11) is 0. The summed E-state index contributed by atoms with van der Waals surface area (Å²) in [6.07, 6.45) is 6.29. The maximum atomic E-state index is 6.29. The maximum absolute atomic E-state index is 6.29. The summed E-state index contributed by atoms with van der Waals surface area (Å²) in [5.41, 5.74) is 10.3. The average Bonchev–Trinajstić information content (AvgIpc) is 3.47. The van der Waals surface area contributed by atoms with Crippen molar-refractivity contribution in [3.63, 3.8) is 0 Å². The van der Waals surface area contributed by atoms with Gasteiger partial charge in [-0.1, -0.05) is 24.3 Å². The molecule has 0 atom stereocenters. The molecule has 2 aromatic heterocycles. The van der Waals surface area contributed by atoms with Gasteiger partial charge in [0.25, 0.3) is 0 Å². The molecular weight excluding hydrogens is 416 g/mol. The average molecular weight is 441 g/mol. The molecule has 0 saturated carbocycles. The van der Waals surface area contributed by atoms with Gasteiger partial charge >= 0.3 is 0 Å². The zero-order valence-corrected chi connectivity index (χ0v) is 18.1. The third-order valence-corrected chi connectivity index (χ3v) is 6.23. The minimum absolute atomic E-state index is 0.404. The van der Waals surface area contributed by atoms with Crippen LogP contribution in [0.5, 0.6) is 11.5 Å². The molecule has 1 saturated heterocycles. The van der Waals surface area contributed by atoms with Crippen molar-refractivity contribution in [2.24, 2.45) is 0 Å². The highest BCUT2D eigenvalue weighted by Crippen LogP contribution is 2.40. The lowest BCUT2D eigenvalue weighted by molar-refractivity contribution is -0.159. The number of hydrogen-bond acceptors (Lipinski definition) is 6. The maximum Gasteiger partial charge on any atom is 0.206 e. The normalized spacial score (nSPS) is 17.4. The molecule has 7 heteroatoms. The Hall–Kier alpha value is -3.68. The van der Waals surface area contributed by atoms with Gasteiger partial charge in [0.1, 0.15) is 17.3 Å². The van der Waals surface area contributed by atoms with Crippen LogP contribution in [0, 0.1) is 0 Å². The summed E-state index contributed by atoms with van der Waals surface area (Å²) >= 11 is 0. The molecule has 0 unspecified atom stereocenters. The number of nitrogens with two attached hydrogens (primary N) is 1. The summed E-state index contributed by atoms with van der Waals surface area (Å²) in [6.45, 7) is 1.32. The Kier molecular flexibility index (Phi) is 4.86. The van der Waals surface area contributed by atoms with E-state index < -0.39 is 5.79 Å². The van der Waals surface area contributed by atoms with Crippen LogP contribution in [-0.4, -0.2) is 33.4 Å². The molecule has 2 aliphatic rings. The largest absolute Gasteiger partial charge is 0.457 e. The smallest absolute Gasteiger partial charge is 0.206 e. The van der Waals surface area contributed by atoms with Crippen molar-refractivity contribution >= 4 is 17.0 Å². The van der Waals surface area contributed by atoms with Crippen LogP contribution < -0.4 is 10.5 Å². The van der Waals surface area contributed by atoms with E-state index in [9.17, 15) is 0 Å². The third-order valence-electron chi connectivity index (χ3n) is 6.23. The van der Waals surface area contributed by atoms with Gasteiger partial charge in [-0.3, -0.25) is 4.40 Å². The number of imidazole rings is 1. The summed E-state index contributed by atoms with van der Waals surface area (Å²) in [4.78, 5) is 9.32. The highest BCUT2D eigenvalue weighted by molar-refractivity contribution is 5.81. The molecule has 1 aliphatic carbocycles. The molecule has 3 heterocycles. The Labute approximate surface area is 191 Å². The summed E-state index contributed by atoms with van der Waals surface area (Å²) in [5, 5.41) is 0. The fourth-order valence-corrected chi connectivity index (χ4v) is 4.57. The molecule has 33 heavy (non-hydrogen) atoms. The van der Waals surface area contributed by atoms with Crippen molar-refractivity contribution in [2.45, 2.75) is 25.0 Å². The number of hydrogen-bond donors (Lipinski definition) is 1. The third kappa shape index (κ3) is 3.65. The zero-order chi connectivity index (χ0) is 22.3. The van der Waals surface area contributed by atoms with Crippen LogP contribution in [0.1, 0.15) is 25.0 Å². The summed E-state index contributed by atoms with van der Waals surface area (Å²) in [6, 6.07) is 19.5. The van der Waals surface area contributed by atoms with Crippen LogP contribution in [0.4, 0.5) is 5.95 Å². The predicted molar refractivity (Wildman–Crippen MR) is 126 cm³/mol. The number of aromatic nitrogens is 3. The van der Waals surface area contributed by atoms with E-state index in [4.69, 9.17) is 24.9 Å². The Morgan fingerprint density at radius 1 is 0.939 bits per heavy atom. The lowest BCUT2D eigenvalue weighted by atomic mass is 9.92. The minimum atomic E-state index is -0.461. The van der Waals surface area contributed by atoms with Crippen LogP contribution in [0.2, 0.25) is 0 Å². The predicted octanol–water partition coefficient (Wildman–Crippen LogP) is 5.08. The van der Waals surface area contributed by atoms with E-state index in [-0.39, 0.29) is 0 Å². The van der Waals surface area contributed by atoms with Gasteiger partial charge in [-0.25, -0.2) is 9.97 Å². The zero-order valence-electron chi connectivity index (χ0n) is 18.1. The fraction of sp³-hybridized carbons (Fsp3) is 0.231. The topological polar surface area (TPSA) is 83.9 Å². The van der Waals surface area contributed by atoms with Crippen LogP contribution >= 0.6 is 0 Å². The number of nitrogen functional groups attached to an aromatic ring is 1. The Bertz CT molecular complexity index is 1320. The summed E-state index contributed by atoms with van der Waals surface area (Å²) in [5.74, 6) is 2.25. The molecule has 1 aliphatic heterocycles. The Morgan fingerprint density at radius 2 is 1.70 bits per heavy atom. The second kappa shape index (κ2) is 8.03. The van der Waals surface area contributed by atoms with Gasteiger partial charge in [-0.2, -0.15) is 0 Å². The van der Waals surface area contributed by atoms with Crippen molar-refractivity contribution in [1.29, 1.82) is 0 Å². The molecule has 4 aromatic rings. The first-order valence-electron chi connectivity index (χ1n) is 11.1. The SMILES string of the molecule is Nc1nccc2c(C3=CCC4(CC3)OCCO4)nc(-c3ccc(Oc4ccccc4)cc3)n12. The van der Waals surface area contributed by atoms with Gasteiger partial charge in [0, 0.05) is 24.6 Å². The molecule has 0 amide bonds. The van der Waals surface area contributed by atoms with Gasteiger partial charge in [-0.15, -0.1) is 0 Å². The van der Waals surface area contributed by atoms with Crippen LogP contribution in [0.25, 0.3) is 22.5 Å². The van der Waals surface area contributed by atoms with Crippen molar-refractivity contribution in [3.8, 4) is 22.9 Å². The van der Waals surface area contributed by atoms with Crippen molar-refractivity contribution in [3.05, 3.63) is 78.6 Å². The number of fused-ring (bicyclic) bond motifs is 1. The number of ether oxygens (including phenoxy) is 3. The van der Waals surface area contributed by atoms with Crippen LogP contribution in [-0.2, 0) is 9.47 Å². The van der Waals surface area contributed by atoms with Crippen molar-refractivity contribution in [2.75, 3.05) is 18.9 Å². The number of anilines is 1. The van der Waals surface area contributed by atoms with Crippen LogP contribution in [0.15, 0.2) is 72.9 Å². The van der Waals surface area contributed by atoms with Gasteiger partial charge in [0.2, 0.25) is 5.95 Å². The highest BCUT2D eigenvalue weighted by atomic mass is 16.7. The van der Waals surface area contributed by atoms with Gasteiger partial charge in [0.05, 0.1) is 24.4 Å². The highest BCUT2D eigenvalue weighted by Gasteiger charge is 2.38. The molecular formula is C26H24N4O3. The monoisotopic (exact) mass is 440 g/mol. The second-order valence-electron chi connectivity index (χ2n) is 8.29. The fourth-order valence-electron chi connectivity index (χ4n) is 4.57. The van der Waals surface area contributed by atoms with E-state index in [2.05, 4.69) is 11.1 Å². The van der Waals surface area contributed by atoms with E-state index in [1.54, 1.807) is 6.20 Å². The minimum Gasteiger partial charge on any atom is -0.457 e. The number of para-hydroxylation sites is 1. The molecule has 1 spiro atoms. The molecule has 2 N–H and O–H groups in total.